The van der Waals surface area contributed by atoms with Crippen molar-refractivity contribution in [2.75, 3.05) is 19.8 Å². The average molecular weight is 287 g/mol. The Balaban J connectivity index is 2.12. The lowest BCUT2D eigenvalue weighted by atomic mass is 10.1. The minimum atomic E-state index is 0.105. The summed E-state index contributed by atoms with van der Waals surface area (Å²) < 4.78 is 0. The van der Waals surface area contributed by atoms with Crippen LogP contribution >= 0.6 is 0 Å². The molecular formula is C18H25NO2. The molecule has 2 rings (SSSR count). The molecule has 1 saturated heterocycles. The van der Waals surface area contributed by atoms with Gasteiger partial charge >= 0.3 is 0 Å². The number of hydrogen-bond donors (Lipinski definition) is 2. The molecule has 1 heterocycles. The molecule has 0 spiro atoms. The summed E-state index contributed by atoms with van der Waals surface area (Å²) >= 11 is 0. The highest BCUT2D eigenvalue weighted by molar-refractivity contribution is 5.41. The van der Waals surface area contributed by atoms with Gasteiger partial charge in [-0.3, -0.25) is 4.90 Å². The monoisotopic (exact) mass is 287 g/mol. The molecule has 0 aliphatic carbocycles. The SMILES string of the molecule is OCCC#Cc1ccccc1CN1CCCCCC1CO. The Morgan fingerprint density at radius 1 is 1.14 bits per heavy atom. The highest BCUT2D eigenvalue weighted by atomic mass is 16.3. The second-order valence-electron chi connectivity index (χ2n) is 5.59. The molecular weight excluding hydrogens is 262 g/mol. The highest BCUT2D eigenvalue weighted by Crippen LogP contribution is 2.20. The topological polar surface area (TPSA) is 43.7 Å². The van der Waals surface area contributed by atoms with Gasteiger partial charge in [0.05, 0.1) is 13.2 Å². The van der Waals surface area contributed by atoms with Crippen molar-refractivity contribution in [3.8, 4) is 11.8 Å². The van der Waals surface area contributed by atoms with Gasteiger partial charge in [-0.15, -0.1) is 0 Å². The van der Waals surface area contributed by atoms with Gasteiger partial charge in [-0.1, -0.05) is 42.9 Å². The molecule has 1 aromatic rings. The molecule has 21 heavy (non-hydrogen) atoms. The second-order valence-corrected chi connectivity index (χ2v) is 5.59. The first kappa shape index (κ1) is 16.0. The number of rotatable bonds is 4. The van der Waals surface area contributed by atoms with Gasteiger partial charge in [0.2, 0.25) is 0 Å². The summed E-state index contributed by atoms with van der Waals surface area (Å²) in [6, 6.07) is 8.45. The van der Waals surface area contributed by atoms with Crippen molar-refractivity contribution >= 4 is 0 Å². The third-order valence-corrected chi connectivity index (χ3v) is 4.06. The van der Waals surface area contributed by atoms with Crippen LogP contribution in [0.25, 0.3) is 0 Å². The summed E-state index contributed by atoms with van der Waals surface area (Å²) in [5.41, 5.74) is 2.25. The van der Waals surface area contributed by atoms with Crippen LogP contribution in [0.1, 0.15) is 43.2 Å². The molecule has 0 amide bonds. The molecule has 114 valence electrons. The van der Waals surface area contributed by atoms with E-state index in [4.69, 9.17) is 5.11 Å². The van der Waals surface area contributed by atoms with Crippen LogP contribution < -0.4 is 0 Å². The first-order valence-electron chi connectivity index (χ1n) is 7.87. The summed E-state index contributed by atoms with van der Waals surface area (Å²) in [4.78, 5) is 2.39. The number of aliphatic hydroxyl groups excluding tert-OH is 2. The smallest absolute Gasteiger partial charge is 0.0586 e. The molecule has 2 N–H and O–H groups in total. The summed E-state index contributed by atoms with van der Waals surface area (Å²) in [7, 11) is 0. The standard InChI is InChI=1S/C18H25NO2/c20-13-7-5-9-16-8-3-4-10-17(16)14-19-12-6-1-2-11-18(19)15-21/h3-4,8,10,18,20-21H,1-2,6-7,11-15H2. The number of hydrogen-bond acceptors (Lipinski definition) is 3. The van der Waals surface area contributed by atoms with Crippen molar-refractivity contribution in [3.63, 3.8) is 0 Å². The van der Waals surface area contributed by atoms with Gasteiger partial charge in [-0.25, -0.2) is 0 Å². The van der Waals surface area contributed by atoms with Crippen LogP contribution in [0.4, 0.5) is 0 Å². The Kier molecular flexibility index (Phi) is 6.75. The fourth-order valence-corrected chi connectivity index (χ4v) is 2.86. The summed E-state index contributed by atoms with van der Waals surface area (Å²) in [5, 5.41) is 18.4. The van der Waals surface area contributed by atoms with Crippen LogP contribution in [0, 0.1) is 11.8 Å². The van der Waals surface area contributed by atoms with Crippen molar-refractivity contribution in [3.05, 3.63) is 35.4 Å². The molecule has 0 bridgehead atoms. The lowest BCUT2D eigenvalue weighted by molar-refractivity contribution is 0.118. The maximum Gasteiger partial charge on any atom is 0.0586 e. The Labute approximate surface area is 127 Å². The number of aliphatic hydroxyl groups is 2. The van der Waals surface area contributed by atoms with E-state index in [0.717, 1.165) is 25.1 Å². The van der Waals surface area contributed by atoms with Crippen molar-refractivity contribution in [2.45, 2.75) is 44.7 Å². The zero-order valence-corrected chi connectivity index (χ0v) is 12.6. The molecule has 1 aliphatic rings. The van der Waals surface area contributed by atoms with Crippen molar-refractivity contribution in [2.24, 2.45) is 0 Å². The molecule has 0 aromatic heterocycles. The summed E-state index contributed by atoms with van der Waals surface area (Å²) in [5.74, 6) is 6.15. The lowest BCUT2D eigenvalue weighted by Gasteiger charge is -2.28. The van der Waals surface area contributed by atoms with Crippen LogP contribution in [0.3, 0.4) is 0 Å². The molecule has 1 unspecified atom stereocenters. The fraction of sp³-hybridized carbons (Fsp3) is 0.556. The Morgan fingerprint density at radius 3 is 2.81 bits per heavy atom. The predicted octanol–water partition coefficient (Wildman–Crippen LogP) is 2.16. The molecule has 3 nitrogen and oxygen atoms in total. The van der Waals surface area contributed by atoms with E-state index >= 15 is 0 Å². The maximum absolute atomic E-state index is 9.61. The molecule has 1 atom stereocenters. The quantitative estimate of drug-likeness (QED) is 0.834. The van der Waals surface area contributed by atoms with Gasteiger partial charge in [0, 0.05) is 24.6 Å². The lowest BCUT2D eigenvalue weighted by Crippen LogP contribution is -2.37. The molecule has 0 saturated carbocycles. The van der Waals surface area contributed by atoms with E-state index < -0.39 is 0 Å². The maximum atomic E-state index is 9.61. The van der Waals surface area contributed by atoms with Gasteiger partial charge in [0.25, 0.3) is 0 Å². The molecule has 1 aliphatic heterocycles. The van der Waals surface area contributed by atoms with Gasteiger partial charge in [0.1, 0.15) is 0 Å². The van der Waals surface area contributed by atoms with Gasteiger partial charge in [-0.2, -0.15) is 0 Å². The van der Waals surface area contributed by atoms with Crippen molar-refractivity contribution in [1.29, 1.82) is 0 Å². The predicted molar refractivity (Wildman–Crippen MR) is 84.8 cm³/mol. The number of benzene rings is 1. The van der Waals surface area contributed by atoms with Crippen molar-refractivity contribution in [1.82, 2.24) is 4.90 Å². The van der Waals surface area contributed by atoms with E-state index in [2.05, 4.69) is 22.8 Å². The van der Waals surface area contributed by atoms with E-state index in [9.17, 15) is 5.11 Å². The number of likely N-dealkylation sites (tertiary alicyclic amines) is 1. The van der Waals surface area contributed by atoms with E-state index in [1.807, 2.05) is 18.2 Å². The van der Waals surface area contributed by atoms with Crippen LogP contribution in [-0.4, -0.2) is 40.9 Å². The first-order valence-corrected chi connectivity index (χ1v) is 7.87. The Morgan fingerprint density at radius 2 is 2.00 bits per heavy atom. The Hall–Kier alpha value is -1.34. The zero-order valence-electron chi connectivity index (χ0n) is 12.6. The second kappa shape index (κ2) is 8.84. The van der Waals surface area contributed by atoms with Crippen LogP contribution in [0.2, 0.25) is 0 Å². The van der Waals surface area contributed by atoms with Crippen LogP contribution in [-0.2, 0) is 6.54 Å². The molecule has 3 heteroatoms. The van der Waals surface area contributed by atoms with Gasteiger partial charge in [-0.05, 0) is 31.0 Å². The highest BCUT2D eigenvalue weighted by Gasteiger charge is 2.20. The van der Waals surface area contributed by atoms with E-state index in [0.29, 0.717) is 6.42 Å². The van der Waals surface area contributed by atoms with Gasteiger partial charge in [0.15, 0.2) is 0 Å². The number of nitrogens with zero attached hydrogens (tertiary/aromatic N) is 1. The van der Waals surface area contributed by atoms with Crippen LogP contribution in [0.15, 0.2) is 24.3 Å². The zero-order chi connectivity index (χ0) is 14.9. The fourth-order valence-electron chi connectivity index (χ4n) is 2.86. The van der Waals surface area contributed by atoms with Crippen molar-refractivity contribution < 1.29 is 10.2 Å². The normalized spacial score (nSPS) is 19.6. The summed E-state index contributed by atoms with van der Waals surface area (Å²) in [6.45, 7) is 2.23. The minimum Gasteiger partial charge on any atom is -0.395 e. The third kappa shape index (κ3) is 4.86. The Bertz CT molecular complexity index is 489. The average Bonchev–Trinajstić information content (AvgIpc) is 2.74. The minimum absolute atomic E-state index is 0.105. The van der Waals surface area contributed by atoms with Crippen LogP contribution in [0.5, 0.6) is 0 Å². The van der Waals surface area contributed by atoms with E-state index in [-0.39, 0.29) is 19.3 Å². The molecule has 0 radical (unpaired) electrons. The third-order valence-electron chi connectivity index (χ3n) is 4.06. The summed E-state index contributed by atoms with van der Waals surface area (Å²) in [6.07, 6.45) is 5.26. The molecule has 1 aromatic carbocycles. The van der Waals surface area contributed by atoms with E-state index in [1.54, 1.807) is 0 Å². The van der Waals surface area contributed by atoms with E-state index in [1.165, 1.54) is 24.8 Å². The first-order chi connectivity index (χ1) is 10.3. The van der Waals surface area contributed by atoms with Gasteiger partial charge < -0.3 is 10.2 Å². The largest absolute Gasteiger partial charge is 0.395 e. The molecule has 1 fully saturated rings.